The third-order valence-corrected chi connectivity index (χ3v) is 5.34. The highest BCUT2D eigenvalue weighted by atomic mass is 32.1. The lowest BCUT2D eigenvalue weighted by Gasteiger charge is -2.44. The zero-order chi connectivity index (χ0) is 16.5. The monoisotopic (exact) mass is 342 g/mol. The summed E-state index contributed by atoms with van der Waals surface area (Å²) in [6.45, 7) is 5.15. The molecule has 3 saturated heterocycles. The van der Waals surface area contributed by atoms with Crippen LogP contribution < -0.4 is 5.32 Å². The molecule has 24 heavy (non-hydrogen) atoms. The Morgan fingerprint density at radius 2 is 2.29 bits per heavy atom. The molecule has 0 aliphatic carbocycles. The Balaban J connectivity index is 1.51. The van der Waals surface area contributed by atoms with Gasteiger partial charge in [-0.05, 0) is 38.8 Å². The SMILES string of the molecule is C#CN=C(Nc1nc2ncc(C)nc2s1)OC1CN2CCC1CC2. The average molecular weight is 342 g/mol. The van der Waals surface area contributed by atoms with Gasteiger partial charge in [0.1, 0.15) is 6.10 Å². The van der Waals surface area contributed by atoms with Crippen LogP contribution >= 0.6 is 11.3 Å². The number of aliphatic imine (C=N–C) groups is 1. The Hall–Kier alpha value is -2.24. The number of rotatable bonds is 2. The molecular formula is C16H18N6OS. The fourth-order valence-corrected chi connectivity index (χ4v) is 4.11. The summed E-state index contributed by atoms with van der Waals surface area (Å²) in [5, 5.41) is 3.72. The molecule has 2 aromatic rings. The molecule has 7 nitrogen and oxygen atoms in total. The molecule has 8 heteroatoms. The number of aromatic nitrogens is 3. The summed E-state index contributed by atoms with van der Waals surface area (Å²) in [5.41, 5.74) is 1.47. The van der Waals surface area contributed by atoms with Gasteiger partial charge in [0.05, 0.1) is 11.9 Å². The van der Waals surface area contributed by atoms with Gasteiger partial charge in [0.2, 0.25) is 0 Å². The Kier molecular flexibility index (Phi) is 4.04. The summed E-state index contributed by atoms with van der Waals surface area (Å²) >= 11 is 1.41. The van der Waals surface area contributed by atoms with Crippen molar-refractivity contribution in [2.75, 3.05) is 25.0 Å². The zero-order valence-corrected chi connectivity index (χ0v) is 14.2. The highest BCUT2D eigenvalue weighted by molar-refractivity contribution is 7.21. The molecule has 0 spiro atoms. The van der Waals surface area contributed by atoms with Crippen LogP contribution in [0, 0.1) is 25.3 Å². The van der Waals surface area contributed by atoms with E-state index in [-0.39, 0.29) is 6.10 Å². The molecule has 0 amide bonds. The third kappa shape index (κ3) is 3.05. The lowest BCUT2D eigenvalue weighted by atomic mass is 9.86. The van der Waals surface area contributed by atoms with Gasteiger partial charge in [0.15, 0.2) is 15.6 Å². The van der Waals surface area contributed by atoms with E-state index in [1.165, 1.54) is 24.2 Å². The van der Waals surface area contributed by atoms with Gasteiger partial charge in [-0.3, -0.25) is 10.2 Å². The Morgan fingerprint density at radius 3 is 3.00 bits per heavy atom. The van der Waals surface area contributed by atoms with Crippen molar-refractivity contribution in [3.05, 3.63) is 11.9 Å². The number of nitrogens with one attached hydrogen (secondary N) is 1. The maximum Gasteiger partial charge on any atom is 0.305 e. The van der Waals surface area contributed by atoms with E-state index in [1.807, 2.05) is 6.92 Å². The lowest BCUT2D eigenvalue weighted by molar-refractivity contribution is -0.0145. The van der Waals surface area contributed by atoms with Gasteiger partial charge in [-0.1, -0.05) is 17.8 Å². The molecule has 1 atom stereocenters. The summed E-state index contributed by atoms with van der Waals surface area (Å²) < 4.78 is 6.07. The highest BCUT2D eigenvalue weighted by Crippen LogP contribution is 2.30. The molecule has 1 N–H and O–H groups in total. The molecule has 3 aliphatic rings. The van der Waals surface area contributed by atoms with Crippen LogP contribution in [0.15, 0.2) is 11.2 Å². The first-order valence-corrected chi connectivity index (χ1v) is 8.82. The minimum Gasteiger partial charge on any atom is -0.459 e. The Bertz CT molecular complexity index is 818. The van der Waals surface area contributed by atoms with E-state index in [4.69, 9.17) is 11.2 Å². The second-order valence-corrected chi connectivity index (χ2v) is 7.10. The van der Waals surface area contributed by atoms with Gasteiger partial charge in [-0.15, -0.1) is 4.99 Å². The van der Waals surface area contributed by atoms with Crippen LogP contribution in [0.2, 0.25) is 0 Å². The van der Waals surface area contributed by atoms with Crippen LogP contribution in [0.4, 0.5) is 5.13 Å². The predicted molar refractivity (Wildman–Crippen MR) is 93.9 cm³/mol. The van der Waals surface area contributed by atoms with Crippen LogP contribution in [0.1, 0.15) is 18.5 Å². The van der Waals surface area contributed by atoms with Crippen molar-refractivity contribution in [1.82, 2.24) is 19.9 Å². The number of nitrogens with zero attached hydrogens (tertiary/aromatic N) is 5. The molecule has 5 heterocycles. The normalized spacial score (nSPS) is 26.3. The fraction of sp³-hybridized carbons (Fsp3) is 0.500. The summed E-state index contributed by atoms with van der Waals surface area (Å²) in [6, 6.07) is 2.62. The summed E-state index contributed by atoms with van der Waals surface area (Å²) in [5.74, 6) is 0.570. The fourth-order valence-electron chi connectivity index (χ4n) is 3.28. The number of hydrogen-bond acceptors (Lipinski definition) is 7. The molecule has 1 unspecified atom stereocenters. The maximum absolute atomic E-state index is 6.07. The molecule has 0 aromatic carbocycles. The lowest BCUT2D eigenvalue weighted by Crippen LogP contribution is -2.52. The van der Waals surface area contributed by atoms with E-state index in [9.17, 15) is 0 Å². The Morgan fingerprint density at radius 1 is 1.46 bits per heavy atom. The number of hydrogen-bond donors (Lipinski definition) is 1. The quantitative estimate of drug-likeness (QED) is 0.510. The maximum atomic E-state index is 6.07. The molecular weight excluding hydrogens is 324 g/mol. The van der Waals surface area contributed by atoms with Crippen molar-refractivity contribution in [2.24, 2.45) is 10.9 Å². The van der Waals surface area contributed by atoms with Crippen LogP contribution in [-0.2, 0) is 4.74 Å². The molecule has 124 valence electrons. The second kappa shape index (κ2) is 6.34. The zero-order valence-electron chi connectivity index (χ0n) is 13.4. The van der Waals surface area contributed by atoms with Crippen LogP contribution in [0.5, 0.6) is 0 Å². The first-order valence-electron chi connectivity index (χ1n) is 8.01. The van der Waals surface area contributed by atoms with E-state index in [0.29, 0.717) is 22.7 Å². The van der Waals surface area contributed by atoms with Gasteiger partial charge in [-0.2, -0.15) is 4.98 Å². The summed E-state index contributed by atoms with van der Waals surface area (Å²) in [6.07, 6.45) is 9.51. The van der Waals surface area contributed by atoms with Crippen molar-refractivity contribution in [3.8, 4) is 12.5 Å². The van der Waals surface area contributed by atoms with Crippen LogP contribution in [0.3, 0.4) is 0 Å². The average Bonchev–Trinajstić information content (AvgIpc) is 2.97. The number of terminal acetylenes is 1. The molecule has 5 rings (SSSR count). The summed E-state index contributed by atoms with van der Waals surface area (Å²) in [7, 11) is 0. The first-order chi connectivity index (χ1) is 11.7. The third-order valence-electron chi connectivity index (χ3n) is 4.48. The Labute approximate surface area is 144 Å². The first kappa shape index (κ1) is 15.3. The van der Waals surface area contributed by atoms with Gasteiger partial charge in [0.25, 0.3) is 0 Å². The highest BCUT2D eigenvalue weighted by Gasteiger charge is 2.36. The number of thiazole rings is 1. The number of anilines is 1. The van der Waals surface area contributed by atoms with E-state index in [0.717, 1.165) is 30.2 Å². The van der Waals surface area contributed by atoms with Crippen molar-refractivity contribution in [1.29, 1.82) is 0 Å². The topological polar surface area (TPSA) is 75.5 Å². The standard InChI is InChI=1S/C16H18N6OS/c1-3-17-15(23-12-9-22-6-4-11(12)5-7-22)21-16-20-13-14(24-16)19-10(2)8-18-13/h1,8,11-12H,4-7,9H2,2H3,(H,17,18,20,21). The minimum absolute atomic E-state index is 0.125. The number of piperidine rings is 3. The summed E-state index contributed by atoms with van der Waals surface area (Å²) in [4.78, 5) is 20.3. The predicted octanol–water partition coefficient (Wildman–Crippen LogP) is 1.86. The number of amidine groups is 1. The van der Waals surface area contributed by atoms with E-state index in [2.05, 4.69) is 36.2 Å². The molecule has 3 fully saturated rings. The largest absolute Gasteiger partial charge is 0.459 e. The van der Waals surface area contributed by atoms with Crippen LogP contribution in [-0.4, -0.2) is 51.6 Å². The number of ether oxygens (including phenoxy) is 1. The van der Waals surface area contributed by atoms with Gasteiger partial charge >= 0.3 is 6.02 Å². The van der Waals surface area contributed by atoms with Crippen LogP contribution in [0.25, 0.3) is 10.5 Å². The van der Waals surface area contributed by atoms with Gasteiger partial charge in [-0.25, -0.2) is 9.97 Å². The molecule has 0 radical (unpaired) electrons. The van der Waals surface area contributed by atoms with Crippen molar-refractivity contribution in [3.63, 3.8) is 0 Å². The van der Waals surface area contributed by atoms with Crippen molar-refractivity contribution < 1.29 is 4.74 Å². The molecule has 0 saturated carbocycles. The van der Waals surface area contributed by atoms with Gasteiger partial charge in [0, 0.05) is 12.6 Å². The van der Waals surface area contributed by atoms with E-state index >= 15 is 0 Å². The van der Waals surface area contributed by atoms with Gasteiger partial charge < -0.3 is 4.74 Å². The van der Waals surface area contributed by atoms with Crippen molar-refractivity contribution in [2.45, 2.75) is 25.9 Å². The molecule has 3 aliphatic heterocycles. The van der Waals surface area contributed by atoms with Crippen molar-refractivity contribution >= 4 is 33.0 Å². The molecule has 2 bridgehead atoms. The molecule has 2 aromatic heterocycles. The van der Waals surface area contributed by atoms with E-state index < -0.39 is 0 Å². The van der Waals surface area contributed by atoms with E-state index in [1.54, 1.807) is 6.20 Å². The minimum atomic E-state index is 0.125. The number of aryl methyl sites for hydroxylation is 1. The number of fused-ring (bicyclic) bond motifs is 4. The second-order valence-electron chi connectivity index (χ2n) is 6.12. The smallest absolute Gasteiger partial charge is 0.305 e.